The third-order valence-electron chi connectivity index (χ3n) is 2.50. The highest BCUT2D eigenvalue weighted by molar-refractivity contribution is 7.90. The average Bonchev–Trinajstić information content (AvgIpc) is 2.34. The number of carbonyl (C=O) groups is 1. The number of ether oxygens (including phenoxy) is 1. The lowest BCUT2D eigenvalue weighted by Crippen LogP contribution is -2.06. The Labute approximate surface area is 114 Å². The van der Waals surface area contributed by atoms with Crippen LogP contribution >= 0.6 is 0 Å². The fourth-order valence-corrected chi connectivity index (χ4v) is 2.24. The van der Waals surface area contributed by atoms with Gasteiger partial charge in [0, 0.05) is 6.26 Å². The third kappa shape index (κ3) is 4.21. The number of methoxy groups -OCH3 is 1. The van der Waals surface area contributed by atoms with Gasteiger partial charge in [0.15, 0.2) is 9.84 Å². The first kappa shape index (κ1) is 15.4. The molecule has 0 aliphatic heterocycles. The van der Waals surface area contributed by atoms with Gasteiger partial charge in [0.05, 0.1) is 17.6 Å². The third-order valence-corrected chi connectivity index (χ3v) is 3.63. The molecule has 0 amide bonds. The van der Waals surface area contributed by atoms with Crippen LogP contribution in [-0.2, 0) is 19.4 Å². The van der Waals surface area contributed by atoms with E-state index in [0.717, 1.165) is 6.26 Å². The molecule has 1 rings (SSSR count). The van der Waals surface area contributed by atoms with Crippen LogP contribution in [0.1, 0.15) is 19.4 Å². The predicted octanol–water partition coefficient (Wildman–Crippen LogP) is 2.30. The van der Waals surface area contributed by atoms with Crippen LogP contribution in [0.2, 0.25) is 0 Å². The summed E-state index contributed by atoms with van der Waals surface area (Å²) in [6.07, 6.45) is 2.94. The van der Waals surface area contributed by atoms with Gasteiger partial charge in [-0.25, -0.2) is 13.2 Å². The molecule has 0 N–H and O–H groups in total. The number of allylic oxidation sites excluding steroid dienone is 1. The SMILES string of the molecule is COC(=O)C(=CC(C)C)c1ccc(S(C)(=O)=O)cc1. The molecular weight excluding hydrogens is 264 g/mol. The quantitative estimate of drug-likeness (QED) is 0.628. The van der Waals surface area contributed by atoms with Crippen molar-refractivity contribution >= 4 is 21.4 Å². The summed E-state index contributed by atoms with van der Waals surface area (Å²) in [7, 11) is -1.91. The van der Waals surface area contributed by atoms with E-state index in [1.165, 1.54) is 19.2 Å². The fraction of sp³-hybridized carbons (Fsp3) is 0.357. The zero-order chi connectivity index (χ0) is 14.6. The van der Waals surface area contributed by atoms with Gasteiger partial charge >= 0.3 is 5.97 Å². The number of sulfone groups is 1. The Kier molecular flexibility index (Phi) is 4.89. The van der Waals surface area contributed by atoms with E-state index in [-0.39, 0.29) is 10.8 Å². The van der Waals surface area contributed by atoms with Crippen LogP contribution in [-0.4, -0.2) is 27.8 Å². The van der Waals surface area contributed by atoms with Crippen LogP contribution in [0.3, 0.4) is 0 Å². The standard InChI is InChI=1S/C14H18O4S/c1-10(2)9-13(14(15)18-3)11-5-7-12(8-6-11)19(4,16)17/h5-10H,1-4H3. The van der Waals surface area contributed by atoms with Crippen LogP contribution in [0.25, 0.3) is 5.57 Å². The Morgan fingerprint density at radius 3 is 2.11 bits per heavy atom. The minimum absolute atomic E-state index is 0.184. The Bertz CT molecular complexity index is 580. The molecule has 0 aliphatic rings. The Hall–Kier alpha value is -1.62. The van der Waals surface area contributed by atoms with E-state index < -0.39 is 15.8 Å². The molecule has 0 fully saturated rings. The second kappa shape index (κ2) is 6.02. The summed E-state index contributed by atoms with van der Waals surface area (Å²) in [6.45, 7) is 3.90. The lowest BCUT2D eigenvalue weighted by Gasteiger charge is -2.08. The molecule has 4 nitrogen and oxygen atoms in total. The molecule has 0 unspecified atom stereocenters. The molecule has 0 heterocycles. The molecule has 0 aromatic heterocycles. The topological polar surface area (TPSA) is 60.4 Å². The summed E-state index contributed by atoms with van der Waals surface area (Å²) in [5.41, 5.74) is 1.09. The van der Waals surface area contributed by atoms with Gasteiger partial charge in [0.25, 0.3) is 0 Å². The average molecular weight is 282 g/mol. The van der Waals surface area contributed by atoms with E-state index in [1.54, 1.807) is 18.2 Å². The van der Waals surface area contributed by atoms with Crippen LogP contribution in [0.15, 0.2) is 35.2 Å². The predicted molar refractivity (Wildman–Crippen MR) is 74.4 cm³/mol. The normalized spacial score (nSPS) is 12.6. The largest absolute Gasteiger partial charge is 0.465 e. The number of esters is 1. The zero-order valence-corrected chi connectivity index (χ0v) is 12.3. The van der Waals surface area contributed by atoms with Crippen molar-refractivity contribution in [2.75, 3.05) is 13.4 Å². The minimum atomic E-state index is -3.23. The first-order valence-electron chi connectivity index (χ1n) is 5.86. The molecular formula is C14H18O4S. The second-order valence-corrected chi connectivity index (χ2v) is 6.63. The lowest BCUT2D eigenvalue weighted by atomic mass is 10.0. The summed E-state index contributed by atoms with van der Waals surface area (Å²) < 4.78 is 27.5. The van der Waals surface area contributed by atoms with Crippen molar-refractivity contribution < 1.29 is 17.9 Å². The van der Waals surface area contributed by atoms with Gasteiger partial charge in [-0.05, 0) is 23.6 Å². The van der Waals surface area contributed by atoms with Crippen LogP contribution in [0.5, 0.6) is 0 Å². The van der Waals surface area contributed by atoms with Gasteiger partial charge in [-0.15, -0.1) is 0 Å². The summed E-state index contributed by atoms with van der Waals surface area (Å²) in [4.78, 5) is 11.9. The van der Waals surface area contributed by atoms with Gasteiger partial charge < -0.3 is 4.74 Å². The fourth-order valence-electron chi connectivity index (χ4n) is 1.61. The van der Waals surface area contributed by atoms with Crippen molar-refractivity contribution in [1.82, 2.24) is 0 Å². The zero-order valence-electron chi connectivity index (χ0n) is 11.5. The van der Waals surface area contributed by atoms with E-state index in [9.17, 15) is 13.2 Å². The molecule has 0 saturated heterocycles. The van der Waals surface area contributed by atoms with Gasteiger partial charge in [-0.3, -0.25) is 0 Å². The Morgan fingerprint density at radius 1 is 1.21 bits per heavy atom. The number of carbonyl (C=O) groups excluding carboxylic acids is 1. The molecule has 0 aliphatic carbocycles. The van der Waals surface area contributed by atoms with E-state index in [0.29, 0.717) is 11.1 Å². The van der Waals surface area contributed by atoms with Crippen LogP contribution in [0, 0.1) is 5.92 Å². The molecule has 0 atom stereocenters. The maximum absolute atomic E-state index is 11.7. The van der Waals surface area contributed by atoms with Gasteiger partial charge in [-0.1, -0.05) is 32.1 Å². The molecule has 104 valence electrons. The van der Waals surface area contributed by atoms with Crippen molar-refractivity contribution in [3.05, 3.63) is 35.9 Å². The Morgan fingerprint density at radius 2 is 1.74 bits per heavy atom. The van der Waals surface area contributed by atoms with E-state index in [4.69, 9.17) is 4.74 Å². The summed E-state index contributed by atoms with van der Waals surface area (Å²) >= 11 is 0. The van der Waals surface area contributed by atoms with Crippen molar-refractivity contribution in [1.29, 1.82) is 0 Å². The van der Waals surface area contributed by atoms with E-state index >= 15 is 0 Å². The number of rotatable bonds is 4. The van der Waals surface area contributed by atoms with Crippen molar-refractivity contribution in [2.45, 2.75) is 18.7 Å². The van der Waals surface area contributed by atoms with Crippen molar-refractivity contribution in [2.24, 2.45) is 5.92 Å². The highest BCUT2D eigenvalue weighted by Crippen LogP contribution is 2.20. The first-order valence-corrected chi connectivity index (χ1v) is 7.75. The smallest absolute Gasteiger partial charge is 0.338 e. The molecule has 0 bridgehead atoms. The van der Waals surface area contributed by atoms with Crippen molar-refractivity contribution in [3.8, 4) is 0 Å². The lowest BCUT2D eigenvalue weighted by molar-refractivity contribution is -0.133. The number of hydrogen-bond donors (Lipinski definition) is 0. The molecule has 5 heteroatoms. The van der Waals surface area contributed by atoms with E-state index in [2.05, 4.69) is 0 Å². The maximum Gasteiger partial charge on any atom is 0.338 e. The van der Waals surface area contributed by atoms with Gasteiger partial charge in [-0.2, -0.15) is 0 Å². The molecule has 1 aromatic carbocycles. The second-order valence-electron chi connectivity index (χ2n) is 4.61. The van der Waals surface area contributed by atoms with Gasteiger partial charge in [0.2, 0.25) is 0 Å². The van der Waals surface area contributed by atoms with Gasteiger partial charge in [0.1, 0.15) is 0 Å². The highest BCUT2D eigenvalue weighted by atomic mass is 32.2. The summed E-state index contributed by atoms with van der Waals surface area (Å²) in [5.74, 6) is -0.246. The monoisotopic (exact) mass is 282 g/mol. The molecule has 0 spiro atoms. The minimum Gasteiger partial charge on any atom is -0.465 e. The first-order chi connectivity index (χ1) is 8.75. The molecule has 0 saturated carbocycles. The molecule has 19 heavy (non-hydrogen) atoms. The number of benzene rings is 1. The van der Waals surface area contributed by atoms with Crippen molar-refractivity contribution in [3.63, 3.8) is 0 Å². The highest BCUT2D eigenvalue weighted by Gasteiger charge is 2.14. The molecule has 1 aromatic rings. The summed E-state index contributed by atoms with van der Waals surface area (Å²) in [6, 6.07) is 6.20. The molecule has 0 radical (unpaired) electrons. The number of hydrogen-bond acceptors (Lipinski definition) is 4. The van der Waals surface area contributed by atoms with Crippen LogP contribution < -0.4 is 0 Å². The Balaban J connectivity index is 3.23. The maximum atomic E-state index is 11.7. The van der Waals surface area contributed by atoms with E-state index in [1.807, 2.05) is 13.8 Å². The summed E-state index contributed by atoms with van der Waals surface area (Å²) in [5, 5.41) is 0. The van der Waals surface area contributed by atoms with Crippen LogP contribution in [0.4, 0.5) is 0 Å².